The predicted molar refractivity (Wildman–Crippen MR) is 103 cm³/mol. The van der Waals surface area contributed by atoms with E-state index in [4.69, 9.17) is 4.74 Å². The summed E-state index contributed by atoms with van der Waals surface area (Å²) < 4.78 is 59.4. The molecule has 31 heavy (non-hydrogen) atoms. The summed E-state index contributed by atoms with van der Waals surface area (Å²) in [6, 6.07) is 6.32. The molecule has 1 unspecified atom stereocenters. The highest BCUT2D eigenvalue weighted by molar-refractivity contribution is 7.53. The van der Waals surface area contributed by atoms with Crippen molar-refractivity contribution in [2.75, 3.05) is 0 Å². The molecule has 0 saturated heterocycles. The molecule has 1 aromatic heterocycles. The van der Waals surface area contributed by atoms with Crippen LogP contribution in [0, 0.1) is 16.0 Å². The molecule has 1 heterocycles. The first-order valence-electron chi connectivity index (χ1n) is 9.48. The third kappa shape index (κ3) is 4.58. The van der Waals surface area contributed by atoms with Gasteiger partial charge in [0.15, 0.2) is 0 Å². The number of halogens is 3. The van der Waals surface area contributed by atoms with E-state index in [1.54, 1.807) is 6.07 Å². The third-order valence-electron chi connectivity index (χ3n) is 5.40. The Bertz CT molecular complexity index is 992. The van der Waals surface area contributed by atoms with Crippen LogP contribution in [0.3, 0.4) is 0 Å². The lowest BCUT2D eigenvalue weighted by molar-refractivity contribution is -0.388. The summed E-state index contributed by atoms with van der Waals surface area (Å²) in [6.45, 7) is 0. The van der Waals surface area contributed by atoms with Crippen LogP contribution in [-0.4, -0.2) is 19.7 Å². The van der Waals surface area contributed by atoms with Crippen LogP contribution in [0.4, 0.5) is 18.9 Å². The maximum atomic E-state index is 13.6. The first-order chi connectivity index (χ1) is 14.5. The van der Waals surface area contributed by atoms with Crippen LogP contribution in [0.15, 0.2) is 42.6 Å². The monoisotopic (exact) mass is 460 g/mol. The molecule has 8 nitrogen and oxygen atoms in total. The number of nitrogens with zero attached hydrogens (tertiary/aromatic N) is 2. The summed E-state index contributed by atoms with van der Waals surface area (Å²) in [5.74, 6) is -1.00. The molecular weight excluding hydrogens is 440 g/mol. The second kappa shape index (κ2) is 8.57. The Morgan fingerprint density at radius 1 is 1.13 bits per heavy atom. The lowest BCUT2D eigenvalue weighted by Gasteiger charge is -2.42. The molecular formula is C19H20F3N2O6P. The number of hydrogen-bond donors (Lipinski definition) is 2. The number of aromatic nitrogens is 1. The number of rotatable bonds is 6. The predicted octanol–water partition coefficient (Wildman–Crippen LogP) is 5.00. The topological polar surface area (TPSA) is 123 Å². The van der Waals surface area contributed by atoms with Gasteiger partial charge < -0.3 is 14.5 Å². The van der Waals surface area contributed by atoms with Gasteiger partial charge in [0, 0.05) is 29.8 Å². The zero-order valence-electron chi connectivity index (χ0n) is 16.2. The van der Waals surface area contributed by atoms with Crippen molar-refractivity contribution in [2.45, 2.75) is 43.6 Å². The van der Waals surface area contributed by atoms with Crippen LogP contribution in [-0.2, 0) is 16.1 Å². The van der Waals surface area contributed by atoms with Crippen LogP contribution in [0.25, 0.3) is 0 Å². The van der Waals surface area contributed by atoms with Gasteiger partial charge in [-0.25, -0.2) is 4.98 Å². The van der Waals surface area contributed by atoms with Crippen molar-refractivity contribution in [3.8, 4) is 5.88 Å². The minimum absolute atomic E-state index is 0.177. The Morgan fingerprint density at radius 3 is 2.32 bits per heavy atom. The van der Waals surface area contributed by atoms with E-state index in [0.29, 0.717) is 37.8 Å². The zero-order chi connectivity index (χ0) is 22.9. The summed E-state index contributed by atoms with van der Waals surface area (Å²) in [5, 5.41) is 8.65. The van der Waals surface area contributed by atoms with Gasteiger partial charge >= 0.3 is 13.8 Å². The first-order valence-corrected chi connectivity index (χ1v) is 11.1. The van der Waals surface area contributed by atoms with Crippen molar-refractivity contribution in [3.63, 3.8) is 0 Å². The van der Waals surface area contributed by atoms with E-state index in [9.17, 15) is 37.6 Å². The van der Waals surface area contributed by atoms with Gasteiger partial charge in [-0.05, 0) is 31.0 Å². The van der Waals surface area contributed by atoms with Crippen molar-refractivity contribution >= 4 is 13.3 Å². The molecule has 1 fully saturated rings. The van der Waals surface area contributed by atoms with E-state index in [1.807, 2.05) is 0 Å². The SMILES string of the molecule is O=[N+]([O-])c1ccc(C(Oc2ccccn2)(C2CCCCC2)P(=O)(O)O)cc1C(F)(F)F. The molecule has 3 rings (SSSR count). The zero-order valence-corrected chi connectivity index (χ0v) is 17.1. The second-order valence-electron chi connectivity index (χ2n) is 7.33. The fraction of sp³-hybridized carbons (Fsp3) is 0.421. The lowest BCUT2D eigenvalue weighted by atomic mass is 9.81. The number of benzene rings is 1. The number of ether oxygens (including phenoxy) is 1. The van der Waals surface area contributed by atoms with Gasteiger partial charge in [-0.15, -0.1) is 0 Å². The van der Waals surface area contributed by atoms with E-state index in [1.165, 1.54) is 18.3 Å². The molecule has 2 aromatic rings. The fourth-order valence-corrected chi connectivity index (χ4v) is 5.47. The lowest BCUT2D eigenvalue weighted by Crippen LogP contribution is -2.42. The van der Waals surface area contributed by atoms with Gasteiger partial charge in [-0.3, -0.25) is 14.7 Å². The van der Waals surface area contributed by atoms with E-state index in [-0.39, 0.29) is 5.88 Å². The van der Waals surface area contributed by atoms with Gasteiger partial charge in [0.25, 0.3) is 5.69 Å². The largest absolute Gasteiger partial charge is 0.453 e. The summed E-state index contributed by atoms with van der Waals surface area (Å²) in [5.41, 5.74) is -3.29. The van der Waals surface area contributed by atoms with Crippen molar-refractivity contribution in [1.29, 1.82) is 0 Å². The van der Waals surface area contributed by atoms with E-state index in [0.717, 1.165) is 12.5 Å². The molecule has 1 saturated carbocycles. The number of hydrogen-bond acceptors (Lipinski definition) is 5. The van der Waals surface area contributed by atoms with Gasteiger partial charge in [-0.2, -0.15) is 13.2 Å². The molecule has 0 spiro atoms. The quantitative estimate of drug-likeness (QED) is 0.353. The Kier molecular flexibility index (Phi) is 6.40. The Balaban J connectivity index is 2.29. The summed E-state index contributed by atoms with van der Waals surface area (Å²) >= 11 is 0. The first kappa shape index (κ1) is 23.2. The number of alkyl halides is 3. The Hall–Kier alpha value is -2.49. The van der Waals surface area contributed by atoms with Crippen molar-refractivity contribution in [3.05, 3.63) is 63.8 Å². The highest BCUT2D eigenvalue weighted by atomic mass is 31.2. The molecule has 168 valence electrons. The molecule has 0 bridgehead atoms. The summed E-state index contributed by atoms with van der Waals surface area (Å²) in [6.07, 6.45) is -1.17. The standard InChI is InChI=1S/C19H20F3N2O6P/c20-19(21,22)15-12-14(9-10-16(15)24(25)26)18(31(27,28)29,13-6-2-1-3-7-13)30-17-8-4-5-11-23-17/h4-5,8-13H,1-3,6-7H2,(H2,27,28,29). The Morgan fingerprint density at radius 2 is 1.81 bits per heavy atom. The van der Waals surface area contributed by atoms with E-state index >= 15 is 0 Å². The van der Waals surface area contributed by atoms with Crippen molar-refractivity contribution in [1.82, 2.24) is 4.98 Å². The minimum Gasteiger partial charge on any atom is -0.453 e. The maximum Gasteiger partial charge on any atom is 0.423 e. The second-order valence-corrected chi connectivity index (χ2v) is 9.08. The minimum atomic E-state index is -5.27. The van der Waals surface area contributed by atoms with Crippen molar-refractivity contribution in [2.24, 2.45) is 5.92 Å². The molecule has 12 heteroatoms. The van der Waals surface area contributed by atoms with Gasteiger partial charge in [-0.1, -0.05) is 25.3 Å². The molecule has 0 aliphatic heterocycles. The average molecular weight is 460 g/mol. The summed E-state index contributed by atoms with van der Waals surface area (Å²) in [4.78, 5) is 34.7. The fourth-order valence-electron chi connectivity index (χ4n) is 4.05. The molecule has 1 aromatic carbocycles. The van der Waals surface area contributed by atoms with Crippen LogP contribution in [0.5, 0.6) is 5.88 Å². The summed E-state index contributed by atoms with van der Waals surface area (Å²) in [7, 11) is -5.27. The maximum absolute atomic E-state index is 13.6. The highest BCUT2D eigenvalue weighted by Crippen LogP contribution is 2.64. The normalized spacial score (nSPS) is 17.7. The van der Waals surface area contributed by atoms with E-state index in [2.05, 4.69) is 4.98 Å². The molecule has 2 N–H and O–H groups in total. The van der Waals surface area contributed by atoms with Gasteiger partial charge in [0.2, 0.25) is 11.2 Å². The van der Waals surface area contributed by atoms with Crippen LogP contribution < -0.4 is 4.74 Å². The van der Waals surface area contributed by atoms with Crippen molar-refractivity contribution < 1.29 is 37.2 Å². The number of nitro groups is 1. The van der Waals surface area contributed by atoms with E-state index < -0.39 is 46.8 Å². The van der Waals surface area contributed by atoms with Gasteiger partial charge in [0.1, 0.15) is 5.56 Å². The molecule has 0 radical (unpaired) electrons. The van der Waals surface area contributed by atoms with Crippen LogP contribution in [0.1, 0.15) is 43.2 Å². The van der Waals surface area contributed by atoms with Crippen LogP contribution in [0.2, 0.25) is 0 Å². The molecule has 1 aliphatic rings. The average Bonchev–Trinajstić information content (AvgIpc) is 2.71. The highest BCUT2D eigenvalue weighted by Gasteiger charge is 2.58. The Labute approximate surface area is 175 Å². The number of pyridine rings is 1. The smallest absolute Gasteiger partial charge is 0.423 e. The molecule has 1 atom stereocenters. The molecule has 1 aliphatic carbocycles. The third-order valence-corrected chi connectivity index (χ3v) is 6.98. The van der Waals surface area contributed by atoms with Gasteiger partial charge in [0.05, 0.1) is 4.92 Å². The molecule has 0 amide bonds. The number of nitro benzene ring substituents is 1. The van der Waals surface area contributed by atoms with Crippen LogP contribution >= 0.6 is 7.60 Å².